The molecule has 3 nitrogen and oxygen atoms in total. The summed E-state index contributed by atoms with van der Waals surface area (Å²) in [6.07, 6.45) is 3.92. The van der Waals surface area contributed by atoms with Crippen LogP contribution >= 0.6 is 11.6 Å². The van der Waals surface area contributed by atoms with Gasteiger partial charge in [0.2, 0.25) is 0 Å². The maximum atomic E-state index is 6.65. The second-order valence-corrected chi connectivity index (χ2v) is 10.2. The summed E-state index contributed by atoms with van der Waals surface area (Å²) in [5, 5.41) is 0.733. The average Bonchev–Trinajstić information content (AvgIpc) is 2.96. The minimum Gasteiger partial charge on any atom is -0.493 e. The summed E-state index contributed by atoms with van der Waals surface area (Å²) in [6, 6.07) is 7.60. The van der Waals surface area contributed by atoms with Gasteiger partial charge >= 0.3 is 0 Å². The number of rotatable bonds is 6. The Morgan fingerprint density at radius 1 is 1.19 bits per heavy atom. The number of halogens is 1. The third kappa shape index (κ3) is 5.19. The van der Waals surface area contributed by atoms with Gasteiger partial charge < -0.3 is 14.4 Å². The van der Waals surface area contributed by atoms with Crippen molar-refractivity contribution in [2.75, 3.05) is 26.2 Å². The molecule has 2 aliphatic rings. The van der Waals surface area contributed by atoms with Gasteiger partial charge in [-0.15, -0.1) is 0 Å². The maximum absolute atomic E-state index is 6.65. The number of likely N-dealkylation sites (tertiary alicyclic amines) is 1. The van der Waals surface area contributed by atoms with E-state index < -0.39 is 0 Å². The van der Waals surface area contributed by atoms with Gasteiger partial charge in [-0.1, -0.05) is 39.3 Å². The molecule has 0 aliphatic carbocycles. The molecule has 2 aliphatic heterocycles. The van der Waals surface area contributed by atoms with Crippen molar-refractivity contribution in [1.29, 1.82) is 0 Å². The van der Waals surface area contributed by atoms with E-state index in [9.17, 15) is 0 Å². The summed E-state index contributed by atoms with van der Waals surface area (Å²) in [5.41, 5.74) is -0.221. The molecule has 152 valence electrons. The van der Waals surface area contributed by atoms with Crippen molar-refractivity contribution in [2.45, 2.75) is 65.6 Å². The summed E-state index contributed by atoms with van der Waals surface area (Å²) < 4.78 is 12.7. The van der Waals surface area contributed by atoms with Gasteiger partial charge in [-0.3, -0.25) is 0 Å². The lowest BCUT2D eigenvalue weighted by atomic mass is 9.75. The van der Waals surface area contributed by atoms with Crippen LogP contribution in [0, 0.1) is 17.3 Å². The first-order valence-corrected chi connectivity index (χ1v) is 10.8. The molecular formula is C23H36ClNO2. The molecule has 0 spiro atoms. The van der Waals surface area contributed by atoms with Crippen LogP contribution in [0.15, 0.2) is 24.3 Å². The highest BCUT2D eigenvalue weighted by molar-refractivity contribution is 6.30. The van der Waals surface area contributed by atoms with Crippen molar-refractivity contribution in [3.05, 3.63) is 29.3 Å². The molecular weight excluding hydrogens is 358 g/mol. The van der Waals surface area contributed by atoms with E-state index in [1.165, 1.54) is 19.5 Å². The van der Waals surface area contributed by atoms with Crippen molar-refractivity contribution in [3.63, 3.8) is 0 Å². The van der Waals surface area contributed by atoms with Crippen LogP contribution in [-0.4, -0.2) is 42.8 Å². The zero-order chi connectivity index (χ0) is 19.7. The first-order chi connectivity index (χ1) is 12.7. The number of nitrogens with zero attached hydrogens (tertiary/aromatic N) is 1. The quantitative estimate of drug-likeness (QED) is 0.622. The normalized spacial score (nSPS) is 32.6. The van der Waals surface area contributed by atoms with Gasteiger partial charge in [0.15, 0.2) is 0 Å². The summed E-state index contributed by atoms with van der Waals surface area (Å²) >= 11 is 5.96. The summed E-state index contributed by atoms with van der Waals surface area (Å²) in [7, 11) is 0. The van der Waals surface area contributed by atoms with Crippen LogP contribution in [0.5, 0.6) is 5.75 Å². The second-order valence-electron chi connectivity index (χ2n) is 9.80. The fraction of sp³-hybridized carbons (Fsp3) is 0.739. The number of piperidine rings is 1. The lowest BCUT2D eigenvalue weighted by Crippen LogP contribution is -2.47. The number of hydrogen-bond acceptors (Lipinski definition) is 3. The van der Waals surface area contributed by atoms with E-state index >= 15 is 0 Å². The van der Waals surface area contributed by atoms with Crippen molar-refractivity contribution in [3.8, 4) is 5.75 Å². The molecule has 1 aromatic rings. The van der Waals surface area contributed by atoms with Crippen LogP contribution in [0.1, 0.15) is 53.9 Å². The SMILES string of the molecule is CC1CC(C)CN(C[C@@H]2CC[C@](C)(C(C)(C)COc3ccc(Cl)cc3)O2)C1. The molecule has 0 saturated carbocycles. The van der Waals surface area contributed by atoms with Crippen molar-refractivity contribution in [1.82, 2.24) is 4.90 Å². The Kier molecular flexibility index (Phi) is 6.45. The standard InChI is InChI=1S/C23H36ClNO2/c1-17-12-18(2)14-25(13-17)15-21-10-11-23(5,27-21)22(3,4)16-26-20-8-6-19(24)7-9-20/h6-9,17-18,21H,10-16H2,1-5H3/t17?,18?,21-,23+/m0/s1. The van der Waals surface area contributed by atoms with E-state index in [1.807, 2.05) is 24.3 Å². The molecule has 27 heavy (non-hydrogen) atoms. The Morgan fingerprint density at radius 2 is 1.81 bits per heavy atom. The third-order valence-corrected chi connectivity index (χ3v) is 6.87. The van der Waals surface area contributed by atoms with Crippen LogP contribution in [0.4, 0.5) is 0 Å². The Hall–Kier alpha value is -0.770. The Balaban J connectivity index is 1.54. The maximum Gasteiger partial charge on any atom is 0.119 e. The van der Waals surface area contributed by atoms with E-state index in [-0.39, 0.29) is 11.0 Å². The first kappa shape index (κ1) is 21.0. The zero-order valence-electron chi connectivity index (χ0n) is 17.6. The molecule has 3 rings (SSSR count). The largest absolute Gasteiger partial charge is 0.493 e. The summed E-state index contributed by atoms with van der Waals surface area (Å²) in [4.78, 5) is 2.62. The Bertz CT molecular complexity index is 607. The van der Waals surface area contributed by atoms with Gasteiger partial charge in [0, 0.05) is 30.1 Å². The van der Waals surface area contributed by atoms with E-state index in [0.717, 1.165) is 42.0 Å². The van der Waals surface area contributed by atoms with Gasteiger partial charge in [-0.25, -0.2) is 0 Å². The summed E-state index contributed by atoms with van der Waals surface area (Å²) in [6.45, 7) is 15.7. The Labute approximate surface area is 170 Å². The molecule has 2 unspecified atom stereocenters. The molecule has 2 fully saturated rings. The number of hydrogen-bond donors (Lipinski definition) is 0. The van der Waals surface area contributed by atoms with Gasteiger partial charge in [-0.2, -0.15) is 0 Å². The lowest BCUT2D eigenvalue weighted by molar-refractivity contribution is -0.121. The molecule has 0 amide bonds. The highest BCUT2D eigenvalue weighted by Crippen LogP contribution is 2.44. The fourth-order valence-electron chi connectivity index (χ4n) is 4.72. The number of benzene rings is 1. The van der Waals surface area contributed by atoms with Crippen molar-refractivity contribution in [2.24, 2.45) is 17.3 Å². The number of ether oxygens (including phenoxy) is 2. The average molecular weight is 394 g/mol. The molecule has 0 radical (unpaired) electrons. The molecule has 4 atom stereocenters. The topological polar surface area (TPSA) is 21.7 Å². The smallest absolute Gasteiger partial charge is 0.119 e. The molecule has 2 heterocycles. The zero-order valence-corrected chi connectivity index (χ0v) is 18.4. The molecule has 0 aromatic heterocycles. The van der Waals surface area contributed by atoms with Gasteiger partial charge in [0.05, 0.1) is 18.3 Å². The second kappa shape index (κ2) is 8.31. The van der Waals surface area contributed by atoms with Crippen LogP contribution < -0.4 is 4.74 Å². The van der Waals surface area contributed by atoms with Gasteiger partial charge in [-0.05, 0) is 62.3 Å². The highest BCUT2D eigenvalue weighted by Gasteiger charge is 2.48. The van der Waals surface area contributed by atoms with Gasteiger partial charge in [0.1, 0.15) is 5.75 Å². The minimum absolute atomic E-state index is 0.0656. The summed E-state index contributed by atoms with van der Waals surface area (Å²) in [5.74, 6) is 2.46. The first-order valence-electron chi connectivity index (χ1n) is 10.5. The van der Waals surface area contributed by atoms with E-state index in [2.05, 4.69) is 39.5 Å². The minimum atomic E-state index is -0.156. The van der Waals surface area contributed by atoms with Crippen molar-refractivity contribution < 1.29 is 9.47 Å². The van der Waals surface area contributed by atoms with Crippen LogP contribution in [0.25, 0.3) is 0 Å². The van der Waals surface area contributed by atoms with E-state index in [1.54, 1.807) is 0 Å². The predicted molar refractivity (Wildman–Crippen MR) is 113 cm³/mol. The molecule has 1 aromatic carbocycles. The van der Waals surface area contributed by atoms with Crippen LogP contribution in [-0.2, 0) is 4.74 Å². The predicted octanol–water partition coefficient (Wildman–Crippen LogP) is 5.66. The monoisotopic (exact) mass is 393 g/mol. The Morgan fingerprint density at radius 3 is 2.44 bits per heavy atom. The lowest BCUT2D eigenvalue weighted by Gasteiger charge is -2.42. The fourth-order valence-corrected chi connectivity index (χ4v) is 4.85. The van der Waals surface area contributed by atoms with E-state index in [0.29, 0.717) is 12.7 Å². The molecule has 2 saturated heterocycles. The van der Waals surface area contributed by atoms with E-state index in [4.69, 9.17) is 21.1 Å². The van der Waals surface area contributed by atoms with Crippen molar-refractivity contribution >= 4 is 11.6 Å². The third-order valence-electron chi connectivity index (χ3n) is 6.62. The van der Waals surface area contributed by atoms with Crippen LogP contribution in [0.2, 0.25) is 5.02 Å². The molecule has 0 bridgehead atoms. The highest BCUT2D eigenvalue weighted by atomic mass is 35.5. The van der Waals surface area contributed by atoms with Crippen LogP contribution in [0.3, 0.4) is 0 Å². The molecule has 4 heteroatoms. The van der Waals surface area contributed by atoms with Gasteiger partial charge in [0.25, 0.3) is 0 Å². The molecule has 0 N–H and O–H groups in total.